The summed E-state index contributed by atoms with van der Waals surface area (Å²) in [6.07, 6.45) is 3.57. The molecule has 2 aromatic carbocycles. The van der Waals surface area contributed by atoms with Crippen LogP contribution in [0, 0.1) is 0 Å². The zero-order valence-corrected chi connectivity index (χ0v) is 18.6. The molecule has 0 spiro atoms. The number of hydrogen-bond donors (Lipinski definition) is 3. The van der Waals surface area contributed by atoms with E-state index >= 15 is 0 Å². The lowest BCUT2D eigenvalue weighted by atomic mass is 10.1. The van der Waals surface area contributed by atoms with Gasteiger partial charge in [0.1, 0.15) is 0 Å². The summed E-state index contributed by atoms with van der Waals surface area (Å²) in [7, 11) is -3.61. The summed E-state index contributed by atoms with van der Waals surface area (Å²) in [6, 6.07) is 17.5. The molecule has 0 bridgehead atoms. The molecule has 9 heteroatoms. The van der Waals surface area contributed by atoms with Crippen LogP contribution in [0.25, 0.3) is 10.9 Å². The third-order valence-electron chi connectivity index (χ3n) is 4.83. The van der Waals surface area contributed by atoms with Crippen LogP contribution in [0.1, 0.15) is 16.8 Å². The van der Waals surface area contributed by atoms with Crippen molar-refractivity contribution in [2.75, 3.05) is 4.72 Å². The summed E-state index contributed by atoms with van der Waals surface area (Å²) >= 11 is 6.24. The summed E-state index contributed by atoms with van der Waals surface area (Å²) in [6.45, 7) is 0.279. The highest BCUT2D eigenvalue weighted by atomic mass is 35.5. The zero-order valence-electron chi connectivity index (χ0n) is 17.0. The van der Waals surface area contributed by atoms with Crippen LogP contribution in [0.4, 0.5) is 5.69 Å². The number of halogens is 1. The van der Waals surface area contributed by atoms with Crippen molar-refractivity contribution in [3.63, 3.8) is 0 Å². The topological polar surface area (TPSA) is 104 Å². The van der Waals surface area contributed by atoms with Crippen LogP contribution in [-0.4, -0.2) is 24.3 Å². The molecule has 0 aliphatic carbocycles. The van der Waals surface area contributed by atoms with Gasteiger partial charge in [-0.05, 0) is 41.5 Å². The van der Waals surface area contributed by atoms with Gasteiger partial charge in [-0.3, -0.25) is 14.5 Å². The molecular formula is C23H21ClN4O3S. The van der Waals surface area contributed by atoms with Crippen molar-refractivity contribution in [1.29, 1.82) is 0 Å². The summed E-state index contributed by atoms with van der Waals surface area (Å²) < 4.78 is 27.5. The predicted octanol–water partition coefficient (Wildman–Crippen LogP) is 4.02. The monoisotopic (exact) mass is 468 g/mol. The van der Waals surface area contributed by atoms with Crippen molar-refractivity contribution in [3.05, 3.63) is 94.9 Å². The number of amides is 1. The Morgan fingerprint density at radius 3 is 2.69 bits per heavy atom. The van der Waals surface area contributed by atoms with Gasteiger partial charge in [-0.2, -0.15) is 0 Å². The number of H-pyrrole nitrogens is 1. The van der Waals surface area contributed by atoms with Crippen molar-refractivity contribution >= 4 is 44.1 Å². The van der Waals surface area contributed by atoms with E-state index in [9.17, 15) is 13.2 Å². The lowest BCUT2D eigenvalue weighted by molar-refractivity contribution is -0.120. The summed E-state index contributed by atoms with van der Waals surface area (Å²) in [5.74, 6) is -0.391. The first-order valence-electron chi connectivity index (χ1n) is 9.89. The Morgan fingerprint density at radius 2 is 1.88 bits per heavy atom. The number of fused-ring (bicyclic) bond motifs is 1. The molecule has 7 nitrogen and oxygen atoms in total. The summed E-state index contributed by atoms with van der Waals surface area (Å²) in [5, 5.41) is 4.23. The molecule has 32 heavy (non-hydrogen) atoms. The molecule has 0 atom stereocenters. The Bertz CT molecular complexity index is 1350. The predicted molar refractivity (Wildman–Crippen MR) is 126 cm³/mol. The normalized spacial score (nSPS) is 11.4. The van der Waals surface area contributed by atoms with Gasteiger partial charge in [0, 0.05) is 22.3 Å². The fourth-order valence-corrected chi connectivity index (χ4v) is 4.67. The number of carbonyl (C=O) groups excluding carboxylic acids is 1. The van der Waals surface area contributed by atoms with Crippen molar-refractivity contribution in [1.82, 2.24) is 15.3 Å². The standard InChI is InChI=1S/C23H21ClN4O3S/c24-21-7-6-19(28-32(30,31)15-16-4-2-1-3-5-16)11-18(21)12-23(29)27-13-20-10-17-8-9-25-22(17)14-26-20/h1-11,14,25,28H,12-13,15H2,(H,27,29). The number of pyridine rings is 1. The first-order valence-corrected chi connectivity index (χ1v) is 11.9. The SMILES string of the molecule is O=C(Cc1cc(NS(=O)(=O)Cc2ccccc2)ccc1Cl)NCc1cc2cc[nH]c2cn1. The van der Waals surface area contributed by atoms with E-state index in [2.05, 4.69) is 20.0 Å². The highest BCUT2D eigenvalue weighted by Crippen LogP contribution is 2.23. The Morgan fingerprint density at radius 1 is 1.06 bits per heavy atom. The molecule has 2 aromatic heterocycles. The second kappa shape index (κ2) is 9.42. The molecule has 0 saturated carbocycles. The molecule has 2 heterocycles. The lowest BCUT2D eigenvalue weighted by Crippen LogP contribution is -2.25. The fourth-order valence-electron chi connectivity index (χ4n) is 3.30. The number of rotatable bonds is 8. The van der Waals surface area contributed by atoms with Crippen molar-refractivity contribution in [3.8, 4) is 0 Å². The number of benzene rings is 2. The quantitative estimate of drug-likeness (QED) is 0.363. The molecule has 0 saturated heterocycles. The maximum absolute atomic E-state index is 12.5. The third kappa shape index (κ3) is 5.66. The molecule has 0 fully saturated rings. The number of hydrogen-bond acceptors (Lipinski definition) is 4. The molecule has 164 valence electrons. The largest absolute Gasteiger partial charge is 0.360 e. The first-order chi connectivity index (χ1) is 15.4. The Hall–Kier alpha value is -3.36. The van der Waals surface area contributed by atoms with Gasteiger partial charge in [-0.15, -0.1) is 0 Å². The second-order valence-electron chi connectivity index (χ2n) is 7.35. The highest BCUT2D eigenvalue weighted by molar-refractivity contribution is 7.91. The highest BCUT2D eigenvalue weighted by Gasteiger charge is 2.14. The van der Waals surface area contributed by atoms with Crippen molar-refractivity contribution in [2.24, 2.45) is 0 Å². The van der Waals surface area contributed by atoms with Gasteiger partial charge in [0.25, 0.3) is 0 Å². The molecule has 1 amide bonds. The van der Waals surface area contributed by atoms with Gasteiger partial charge in [-0.25, -0.2) is 8.42 Å². The molecule has 0 aliphatic heterocycles. The van der Waals surface area contributed by atoms with Gasteiger partial charge >= 0.3 is 0 Å². The maximum atomic E-state index is 12.5. The van der Waals surface area contributed by atoms with Gasteiger partial charge in [-0.1, -0.05) is 41.9 Å². The second-order valence-corrected chi connectivity index (χ2v) is 9.48. The van der Waals surface area contributed by atoms with E-state index in [0.29, 0.717) is 21.8 Å². The molecule has 3 N–H and O–H groups in total. The lowest BCUT2D eigenvalue weighted by Gasteiger charge is -2.11. The number of aromatic nitrogens is 2. The van der Waals surface area contributed by atoms with E-state index in [-0.39, 0.29) is 24.6 Å². The Balaban J connectivity index is 1.38. The molecule has 0 aliphatic rings. The van der Waals surface area contributed by atoms with E-state index in [4.69, 9.17) is 11.6 Å². The van der Waals surface area contributed by atoms with Gasteiger partial charge in [0.05, 0.1) is 36.1 Å². The number of nitrogens with one attached hydrogen (secondary N) is 3. The van der Waals surface area contributed by atoms with E-state index in [1.807, 2.05) is 24.4 Å². The van der Waals surface area contributed by atoms with Crippen LogP contribution in [0.3, 0.4) is 0 Å². The number of anilines is 1. The fraction of sp³-hybridized carbons (Fsp3) is 0.130. The van der Waals surface area contributed by atoms with Crippen LogP contribution in [-0.2, 0) is 33.5 Å². The smallest absolute Gasteiger partial charge is 0.236 e. The van der Waals surface area contributed by atoms with Crippen molar-refractivity contribution < 1.29 is 13.2 Å². The van der Waals surface area contributed by atoms with Gasteiger partial charge < -0.3 is 10.3 Å². The Labute approximate surface area is 190 Å². The minimum absolute atomic E-state index is 0.0134. The van der Waals surface area contributed by atoms with Crippen LogP contribution >= 0.6 is 11.6 Å². The zero-order chi connectivity index (χ0) is 22.6. The molecular weight excluding hydrogens is 448 g/mol. The molecule has 0 unspecified atom stereocenters. The van der Waals surface area contributed by atoms with Crippen LogP contribution in [0.2, 0.25) is 5.02 Å². The minimum atomic E-state index is -3.61. The summed E-state index contributed by atoms with van der Waals surface area (Å²) in [5.41, 5.74) is 3.23. The molecule has 0 radical (unpaired) electrons. The maximum Gasteiger partial charge on any atom is 0.236 e. The van der Waals surface area contributed by atoms with Crippen molar-refractivity contribution in [2.45, 2.75) is 18.7 Å². The van der Waals surface area contributed by atoms with Crippen LogP contribution < -0.4 is 10.0 Å². The first kappa shape index (κ1) is 21.9. The Kier molecular flexibility index (Phi) is 6.43. The van der Waals surface area contributed by atoms with Crippen LogP contribution in [0.15, 0.2) is 73.1 Å². The molecule has 4 rings (SSSR count). The van der Waals surface area contributed by atoms with E-state index in [1.54, 1.807) is 48.7 Å². The van der Waals surface area contributed by atoms with E-state index in [0.717, 1.165) is 16.6 Å². The minimum Gasteiger partial charge on any atom is -0.360 e. The van der Waals surface area contributed by atoms with Gasteiger partial charge in [0.15, 0.2) is 0 Å². The average Bonchev–Trinajstić information content (AvgIpc) is 3.23. The van der Waals surface area contributed by atoms with E-state index in [1.165, 1.54) is 0 Å². The average molecular weight is 469 g/mol. The number of nitrogens with zero attached hydrogens (tertiary/aromatic N) is 1. The molecule has 4 aromatic rings. The number of sulfonamides is 1. The van der Waals surface area contributed by atoms with Crippen LogP contribution in [0.5, 0.6) is 0 Å². The van der Waals surface area contributed by atoms with E-state index < -0.39 is 10.0 Å². The third-order valence-corrected chi connectivity index (χ3v) is 6.46. The number of carbonyl (C=O) groups is 1. The summed E-state index contributed by atoms with van der Waals surface area (Å²) in [4.78, 5) is 19.8. The van der Waals surface area contributed by atoms with Gasteiger partial charge in [0.2, 0.25) is 15.9 Å². The number of aromatic amines is 1.